The second-order valence-corrected chi connectivity index (χ2v) is 7.02. The Morgan fingerprint density at radius 3 is 2.18 bits per heavy atom. The molecule has 28 heavy (non-hydrogen) atoms. The summed E-state index contributed by atoms with van der Waals surface area (Å²) >= 11 is 0. The molecule has 0 bridgehead atoms. The molecule has 0 aromatic heterocycles. The Kier molecular flexibility index (Phi) is 8.14. The first-order valence-electron chi connectivity index (χ1n) is 9.39. The molecule has 1 atom stereocenters. The van der Waals surface area contributed by atoms with Gasteiger partial charge >= 0.3 is 6.03 Å². The molecular weight excluding hydrogens is 354 g/mol. The fourth-order valence-corrected chi connectivity index (χ4v) is 2.78. The Labute approximate surface area is 168 Å². The van der Waals surface area contributed by atoms with Gasteiger partial charge in [-0.3, -0.25) is 0 Å². The normalized spacial score (nSPS) is 11.8. The van der Waals surface area contributed by atoms with E-state index in [1.165, 1.54) is 5.56 Å². The number of urea groups is 1. The van der Waals surface area contributed by atoms with Crippen LogP contribution in [0.4, 0.5) is 4.79 Å². The molecule has 1 unspecified atom stereocenters. The monoisotopic (exact) mass is 385 g/mol. The van der Waals surface area contributed by atoms with Crippen molar-refractivity contribution in [1.82, 2.24) is 15.1 Å². The summed E-state index contributed by atoms with van der Waals surface area (Å²) in [4.78, 5) is 16.1. The summed E-state index contributed by atoms with van der Waals surface area (Å²) < 4.78 is 10.9. The quantitative estimate of drug-likeness (QED) is 0.719. The van der Waals surface area contributed by atoms with Crippen LogP contribution < -0.4 is 14.8 Å². The van der Waals surface area contributed by atoms with Gasteiger partial charge in [0.15, 0.2) is 0 Å². The predicted molar refractivity (Wildman–Crippen MR) is 112 cm³/mol. The van der Waals surface area contributed by atoms with Crippen molar-refractivity contribution in [2.45, 2.75) is 13.0 Å². The first-order chi connectivity index (χ1) is 13.4. The van der Waals surface area contributed by atoms with E-state index in [-0.39, 0.29) is 12.1 Å². The van der Waals surface area contributed by atoms with E-state index in [2.05, 4.69) is 10.2 Å². The number of likely N-dealkylation sites (N-methyl/N-ethyl adjacent to an activating group) is 2. The Bertz CT molecular complexity index is 730. The fraction of sp³-hybridized carbons (Fsp3) is 0.409. The van der Waals surface area contributed by atoms with E-state index in [1.54, 1.807) is 19.1 Å². The van der Waals surface area contributed by atoms with Gasteiger partial charge in [0, 0.05) is 13.6 Å². The number of benzene rings is 2. The van der Waals surface area contributed by atoms with Crippen LogP contribution >= 0.6 is 0 Å². The number of aryl methyl sites for hydroxylation is 1. The molecule has 0 saturated carbocycles. The molecule has 2 rings (SSSR count). The number of hydrogen-bond donors (Lipinski definition) is 1. The first-order valence-corrected chi connectivity index (χ1v) is 9.39. The van der Waals surface area contributed by atoms with Crippen LogP contribution in [-0.2, 0) is 0 Å². The first kappa shape index (κ1) is 21.6. The molecule has 1 N–H and O–H groups in total. The molecule has 152 valence electrons. The van der Waals surface area contributed by atoms with Crippen molar-refractivity contribution in [3.05, 3.63) is 59.7 Å². The summed E-state index contributed by atoms with van der Waals surface area (Å²) in [6, 6.07) is 15.8. The third-order valence-electron chi connectivity index (χ3n) is 4.63. The maximum absolute atomic E-state index is 12.4. The van der Waals surface area contributed by atoms with Gasteiger partial charge in [-0.25, -0.2) is 4.79 Å². The fourth-order valence-electron chi connectivity index (χ4n) is 2.78. The Hall–Kier alpha value is -2.73. The van der Waals surface area contributed by atoms with Crippen molar-refractivity contribution in [3.63, 3.8) is 0 Å². The van der Waals surface area contributed by atoms with E-state index >= 15 is 0 Å². The number of nitrogens with zero attached hydrogens (tertiary/aromatic N) is 2. The zero-order chi connectivity index (χ0) is 20.5. The molecule has 6 nitrogen and oxygen atoms in total. The number of hydrogen-bond acceptors (Lipinski definition) is 4. The molecule has 0 heterocycles. The second-order valence-electron chi connectivity index (χ2n) is 7.02. The smallest absolute Gasteiger partial charge is 0.317 e. The largest absolute Gasteiger partial charge is 0.497 e. The zero-order valence-corrected chi connectivity index (χ0v) is 17.4. The molecule has 0 fully saturated rings. The van der Waals surface area contributed by atoms with Crippen LogP contribution in [0.5, 0.6) is 11.5 Å². The summed E-state index contributed by atoms with van der Waals surface area (Å²) in [7, 11) is 7.42. The maximum atomic E-state index is 12.4. The van der Waals surface area contributed by atoms with Crippen molar-refractivity contribution in [3.8, 4) is 11.5 Å². The highest BCUT2D eigenvalue weighted by Crippen LogP contribution is 2.20. The number of carbonyl (C=O) groups is 1. The minimum absolute atomic E-state index is 0.0760. The summed E-state index contributed by atoms with van der Waals surface area (Å²) in [5.74, 6) is 1.63. The molecule has 0 saturated heterocycles. The van der Waals surface area contributed by atoms with Crippen molar-refractivity contribution < 1.29 is 14.3 Å². The van der Waals surface area contributed by atoms with E-state index in [1.807, 2.05) is 69.6 Å². The van der Waals surface area contributed by atoms with Gasteiger partial charge in [-0.05, 0) is 50.8 Å². The van der Waals surface area contributed by atoms with E-state index < -0.39 is 0 Å². The molecule has 2 amide bonds. The summed E-state index contributed by atoms with van der Waals surface area (Å²) in [6.45, 7) is 3.51. The number of nitrogens with one attached hydrogen (secondary N) is 1. The predicted octanol–water partition coefficient (Wildman–Crippen LogP) is 3.33. The summed E-state index contributed by atoms with van der Waals surface area (Å²) in [5.41, 5.74) is 2.31. The molecule has 2 aromatic carbocycles. The molecule has 0 spiro atoms. The zero-order valence-electron chi connectivity index (χ0n) is 17.4. The Balaban J connectivity index is 1.81. The van der Waals surface area contributed by atoms with Gasteiger partial charge < -0.3 is 24.6 Å². The highest BCUT2D eigenvalue weighted by molar-refractivity contribution is 5.73. The lowest BCUT2D eigenvalue weighted by Gasteiger charge is -2.26. The van der Waals surface area contributed by atoms with E-state index in [0.29, 0.717) is 19.7 Å². The Morgan fingerprint density at radius 1 is 1.00 bits per heavy atom. The molecule has 0 aliphatic carbocycles. The third kappa shape index (κ3) is 6.46. The van der Waals surface area contributed by atoms with Crippen molar-refractivity contribution in [1.29, 1.82) is 0 Å². The molecule has 2 aromatic rings. The lowest BCUT2D eigenvalue weighted by atomic mass is 10.1. The standard InChI is InChI=1S/C22H31N3O3/c1-17-6-10-20(11-7-17)28-15-14-25(4)22(26)23-16-21(24(2)3)18-8-12-19(27-5)13-9-18/h6-13,21H,14-16H2,1-5H3,(H,23,26). The molecule has 6 heteroatoms. The van der Waals surface area contributed by atoms with Crippen LogP contribution in [0.3, 0.4) is 0 Å². The number of ether oxygens (including phenoxy) is 2. The van der Waals surface area contributed by atoms with Crippen molar-refractivity contribution >= 4 is 6.03 Å². The van der Waals surface area contributed by atoms with Gasteiger partial charge in [0.1, 0.15) is 18.1 Å². The summed E-state index contributed by atoms with van der Waals surface area (Å²) in [6.07, 6.45) is 0. The van der Waals surface area contributed by atoms with Gasteiger partial charge in [0.2, 0.25) is 0 Å². The van der Waals surface area contributed by atoms with E-state index in [4.69, 9.17) is 9.47 Å². The minimum atomic E-state index is -0.118. The lowest BCUT2D eigenvalue weighted by Crippen LogP contribution is -2.42. The highest BCUT2D eigenvalue weighted by Gasteiger charge is 2.17. The third-order valence-corrected chi connectivity index (χ3v) is 4.63. The minimum Gasteiger partial charge on any atom is -0.497 e. The van der Waals surface area contributed by atoms with Crippen LogP contribution in [0.25, 0.3) is 0 Å². The van der Waals surface area contributed by atoms with Crippen molar-refractivity contribution in [2.24, 2.45) is 0 Å². The number of rotatable bonds is 9. The maximum Gasteiger partial charge on any atom is 0.317 e. The van der Waals surface area contributed by atoms with Gasteiger partial charge in [-0.2, -0.15) is 0 Å². The SMILES string of the molecule is COc1ccc(C(CNC(=O)N(C)CCOc2ccc(C)cc2)N(C)C)cc1. The average molecular weight is 386 g/mol. The van der Waals surface area contributed by atoms with E-state index in [9.17, 15) is 4.79 Å². The van der Waals surface area contributed by atoms with Crippen LogP contribution in [0.1, 0.15) is 17.2 Å². The van der Waals surface area contributed by atoms with Gasteiger partial charge in [-0.15, -0.1) is 0 Å². The molecule has 0 aliphatic rings. The average Bonchev–Trinajstić information content (AvgIpc) is 2.69. The van der Waals surface area contributed by atoms with Crippen molar-refractivity contribution in [2.75, 3.05) is 47.9 Å². The molecular formula is C22H31N3O3. The Morgan fingerprint density at radius 2 is 1.61 bits per heavy atom. The summed E-state index contributed by atoms with van der Waals surface area (Å²) in [5, 5.41) is 3.01. The lowest BCUT2D eigenvalue weighted by molar-refractivity contribution is 0.190. The highest BCUT2D eigenvalue weighted by atomic mass is 16.5. The molecule has 0 radical (unpaired) electrons. The van der Waals surface area contributed by atoms with Crippen LogP contribution in [0.15, 0.2) is 48.5 Å². The van der Waals surface area contributed by atoms with E-state index in [0.717, 1.165) is 17.1 Å². The van der Waals surface area contributed by atoms with Gasteiger partial charge in [0.25, 0.3) is 0 Å². The second kappa shape index (κ2) is 10.6. The van der Waals surface area contributed by atoms with Crippen LogP contribution in [-0.4, -0.2) is 63.8 Å². The van der Waals surface area contributed by atoms with Gasteiger partial charge in [-0.1, -0.05) is 29.8 Å². The van der Waals surface area contributed by atoms with Gasteiger partial charge in [0.05, 0.1) is 19.7 Å². The van der Waals surface area contributed by atoms with Crippen LogP contribution in [0, 0.1) is 6.92 Å². The molecule has 0 aliphatic heterocycles. The number of methoxy groups -OCH3 is 1. The number of amides is 2. The number of carbonyl (C=O) groups excluding carboxylic acids is 1. The van der Waals surface area contributed by atoms with Crippen LogP contribution in [0.2, 0.25) is 0 Å². The topological polar surface area (TPSA) is 54.0 Å².